The van der Waals surface area contributed by atoms with Gasteiger partial charge in [0, 0.05) is 24.8 Å². The molecule has 0 aliphatic rings. The van der Waals surface area contributed by atoms with E-state index in [0.717, 1.165) is 11.1 Å². The highest BCUT2D eigenvalue weighted by Crippen LogP contribution is 2.04. The molecule has 0 aliphatic carbocycles. The Morgan fingerprint density at radius 2 is 1.05 bits per heavy atom. The molecule has 0 N–H and O–H groups in total. The Bertz CT molecular complexity index is 594. The second-order valence-electron chi connectivity index (χ2n) is 4.57. The topological polar surface area (TPSA) is 24.7 Å². The largest absolute Gasteiger partial charge is 0.262 e. The minimum absolute atomic E-state index is 1.13. The van der Waals surface area contributed by atoms with Crippen molar-refractivity contribution in [2.75, 3.05) is 0 Å². The van der Waals surface area contributed by atoms with Gasteiger partial charge in [0.2, 0.25) is 0 Å². The molecule has 20 heavy (non-hydrogen) atoms. The van der Waals surface area contributed by atoms with Gasteiger partial charge in [0.1, 0.15) is 0 Å². The van der Waals surface area contributed by atoms with E-state index in [9.17, 15) is 0 Å². The van der Waals surface area contributed by atoms with E-state index >= 15 is 0 Å². The Hall–Kier alpha value is -2.48. The predicted octanol–water partition coefficient (Wildman–Crippen LogP) is 4.31. The van der Waals surface area contributed by atoms with Crippen molar-refractivity contribution in [3.8, 4) is 0 Å². The van der Waals surface area contributed by atoms with Gasteiger partial charge in [0.15, 0.2) is 0 Å². The number of nitrogens with zero attached hydrogens (tertiary/aromatic N) is 2. The van der Waals surface area contributed by atoms with Crippen molar-refractivity contribution in [3.63, 3.8) is 0 Å². The lowest BCUT2D eigenvalue weighted by molar-refractivity contribution is 1.42. The van der Waals surface area contributed by atoms with Crippen LogP contribution >= 0.6 is 0 Å². The van der Waals surface area contributed by atoms with Gasteiger partial charge < -0.3 is 0 Å². The molecule has 0 saturated heterocycles. The van der Waals surface area contributed by atoms with E-state index in [1.165, 1.54) is 11.1 Å². The van der Waals surface area contributed by atoms with Crippen LogP contribution in [0, 0.1) is 13.8 Å². The zero-order valence-corrected chi connectivity index (χ0v) is 11.8. The fourth-order valence-corrected chi connectivity index (χ4v) is 1.79. The maximum atomic E-state index is 4.24. The van der Waals surface area contributed by atoms with Crippen molar-refractivity contribution in [2.24, 2.45) is 9.98 Å². The molecule has 0 fully saturated rings. The highest BCUT2D eigenvalue weighted by molar-refractivity contribution is 5.82. The smallest absolute Gasteiger partial charge is 0.0451 e. The highest BCUT2D eigenvalue weighted by Gasteiger charge is 1.90. The van der Waals surface area contributed by atoms with Crippen molar-refractivity contribution in [1.29, 1.82) is 0 Å². The molecule has 0 atom stereocenters. The van der Waals surface area contributed by atoms with Crippen LogP contribution in [0.15, 0.2) is 70.9 Å². The van der Waals surface area contributed by atoms with Crippen molar-refractivity contribution in [1.82, 2.24) is 0 Å². The second kappa shape index (κ2) is 7.19. The first-order chi connectivity index (χ1) is 9.77. The van der Waals surface area contributed by atoms with Gasteiger partial charge in [-0.2, -0.15) is 0 Å². The number of hydrogen-bond donors (Lipinski definition) is 0. The molecule has 2 aromatic carbocycles. The van der Waals surface area contributed by atoms with Crippen LogP contribution in [0.2, 0.25) is 0 Å². The first-order valence-electron chi connectivity index (χ1n) is 6.60. The standard InChI is InChI=1S/C18H18N2/c1-15-7-3-5-9-17(15)13-19-11-12-20-14-18-10-6-4-8-16(18)2/h3-14H,1-2H3/b12-11-,19-13?,20-14?. The molecule has 0 aromatic heterocycles. The summed E-state index contributed by atoms with van der Waals surface area (Å²) in [5, 5.41) is 0. The van der Waals surface area contributed by atoms with Crippen LogP contribution in [-0.4, -0.2) is 12.4 Å². The van der Waals surface area contributed by atoms with Crippen molar-refractivity contribution in [2.45, 2.75) is 13.8 Å². The van der Waals surface area contributed by atoms with Gasteiger partial charge in [0.05, 0.1) is 0 Å². The van der Waals surface area contributed by atoms with Gasteiger partial charge in [-0.15, -0.1) is 0 Å². The first-order valence-corrected chi connectivity index (χ1v) is 6.60. The van der Waals surface area contributed by atoms with Gasteiger partial charge in [0.25, 0.3) is 0 Å². The molecule has 0 bridgehead atoms. The maximum Gasteiger partial charge on any atom is 0.0451 e. The summed E-state index contributed by atoms with van der Waals surface area (Å²) >= 11 is 0. The van der Waals surface area contributed by atoms with Crippen LogP contribution in [0.5, 0.6) is 0 Å². The summed E-state index contributed by atoms with van der Waals surface area (Å²) in [6.07, 6.45) is 7.08. The zero-order valence-electron chi connectivity index (χ0n) is 11.8. The van der Waals surface area contributed by atoms with Crippen molar-refractivity contribution < 1.29 is 0 Å². The quantitative estimate of drug-likeness (QED) is 0.733. The van der Waals surface area contributed by atoms with E-state index in [2.05, 4.69) is 36.0 Å². The number of rotatable bonds is 4. The summed E-state index contributed by atoms with van der Waals surface area (Å²) in [5.41, 5.74) is 4.68. The van der Waals surface area contributed by atoms with Crippen LogP contribution in [0.3, 0.4) is 0 Å². The van der Waals surface area contributed by atoms with E-state index in [-0.39, 0.29) is 0 Å². The molecular weight excluding hydrogens is 244 g/mol. The predicted molar refractivity (Wildman–Crippen MR) is 86.7 cm³/mol. The van der Waals surface area contributed by atoms with E-state index in [4.69, 9.17) is 0 Å². The molecule has 100 valence electrons. The third kappa shape index (κ3) is 4.02. The minimum Gasteiger partial charge on any atom is -0.262 e. The van der Waals surface area contributed by atoms with Crippen LogP contribution in [0.1, 0.15) is 22.3 Å². The fraction of sp³-hybridized carbons (Fsp3) is 0.111. The molecule has 0 aliphatic heterocycles. The molecule has 0 heterocycles. The zero-order chi connectivity index (χ0) is 14.2. The van der Waals surface area contributed by atoms with E-state index in [1.807, 2.05) is 48.8 Å². The summed E-state index contributed by atoms with van der Waals surface area (Å²) in [6, 6.07) is 16.3. The maximum absolute atomic E-state index is 4.24. The van der Waals surface area contributed by atoms with Gasteiger partial charge in [-0.1, -0.05) is 48.5 Å². The molecule has 0 amide bonds. The summed E-state index contributed by atoms with van der Waals surface area (Å²) in [4.78, 5) is 8.47. The lowest BCUT2D eigenvalue weighted by Gasteiger charge is -1.96. The van der Waals surface area contributed by atoms with Crippen LogP contribution in [0.4, 0.5) is 0 Å². The molecule has 2 aromatic rings. The third-order valence-electron chi connectivity index (χ3n) is 3.04. The number of aliphatic imine (C=N–C) groups is 2. The Morgan fingerprint density at radius 3 is 1.45 bits per heavy atom. The number of aryl methyl sites for hydroxylation is 2. The summed E-state index contributed by atoms with van der Waals surface area (Å²) < 4.78 is 0. The molecule has 0 spiro atoms. The van der Waals surface area contributed by atoms with E-state index < -0.39 is 0 Å². The Balaban J connectivity index is 1.95. The summed E-state index contributed by atoms with van der Waals surface area (Å²) in [7, 11) is 0. The van der Waals surface area contributed by atoms with Crippen LogP contribution < -0.4 is 0 Å². The van der Waals surface area contributed by atoms with Crippen LogP contribution in [0.25, 0.3) is 0 Å². The number of benzene rings is 2. The van der Waals surface area contributed by atoms with Gasteiger partial charge in [-0.25, -0.2) is 0 Å². The number of hydrogen-bond acceptors (Lipinski definition) is 2. The van der Waals surface area contributed by atoms with E-state index in [0.29, 0.717) is 0 Å². The van der Waals surface area contributed by atoms with Crippen LogP contribution in [-0.2, 0) is 0 Å². The monoisotopic (exact) mass is 262 g/mol. The Morgan fingerprint density at radius 1 is 0.650 bits per heavy atom. The average molecular weight is 262 g/mol. The highest BCUT2D eigenvalue weighted by atomic mass is 14.7. The summed E-state index contributed by atoms with van der Waals surface area (Å²) in [5.74, 6) is 0. The Kier molecular flexibility index (Phi) is 5.01. The Labute approximate surface area is 120 Å². The molecule has 0 radical (unpaired) electrons. The lowest BCUT2D eigenvalue weighted by Crippen LogP contribution is -1.84. The summed E-state index contributed by atoms with van der Waals surface area (Å²) in [6.45, 7) is 4.14. The second-order valence-corrected chi connectivity index (χ2v) is 4.57. The average Bonchev–Trinajstić information content (AvgIpc) is 2.46. The first kappa shape index (κ1) is 13.9. The minimum atomic E-state index is 1.13. The molecule has 0 saturated carbocycles. The molecule has 0 unspecified atom stereocenters. The van der Waals surface area contributed by atoms with Crippen molar-refractivity contribution in [3.05, 3.63) is 83.2 Å². The van der Waals surface area contributed by atoms with Gasteiger partial charge in [-0.3, -0.25) is 9.98 Å². The molecule has 2 nitrogen and oxygen atoms in total. The van der Waals surface area contributed by atoms with Crippen molar-refractivity contribution >= 4 is 12.4 Å². The fourth-order valence-electron chi connectivity index (χ4n) is 1.79. The SMILES string of the molecule is Cc1ccccc1C=N/C=C\N=Cc1ccccc1C. The van der Waals surface area contributed by atoms with Gasteiger partial charge >= 0.3 is 0 Å². The normalized spacial score (nSPS) is 11.9. The lowest BCUT2D eigenvalue weighted by atomic mass is 10.1. The van der Waals surface area contributed by atoms with E-state index in [1.54, 1.807) is 12.4 Å². The molecule has 2 heteroatoms. The molecule has 2 rings (SSSR count). The third-order valence-corrected chi connectivity index (χ3v) is 3.04. The van der Waals surface area contributed by atoms with Gasteiger partial charge in [-0.05, 0) is 36.1 Å². The molecular formula is C18H18N2.